The van der Waals surface area contributed by atoms with Crippen molar-refractivity contribution in [3.8, 4) is 0 Å². The van der Waals surface area contributed by atoms with Crippen LogP contribution in [0.25, 0.3) is 0 Å². The van der Waals surface area contributed by atoms with Crippen LogP contribution in [0, 0.1) is 11.3 Å². The van der Waals surface area contributed by atoms with Gasteiger partial charge in [0, 0.05) is 18.5 Å². The first-order valence-corrected chi connectivity index (χ1v) is 6.15. The first-order valence-electron chi connectivity index (χ1n) is 6.15. The van der Waals surface area contributed by atoms with Crippen molar-refractivity contribution < 1.29 is 4.79 Å². The molecule has 1 heterocycles. The van der Waals surface area contributed by atoms with Crippen molar-refractivity contribution in [2.75, 3.05) is 13.1 Å². The van der Waals surface area contributed by atoms with Crippen LogP contribution in [-0.2, 0) is 4.79 Å². The minimum absolute atomic E-state index is 0.0212. The summed E-state index contributed by atoms with van der Waals surface area (Å²) in [5.74, 6) is 1.09. The fourth-order valence-corrected chi connectivity index (χ4v) is 3.37. The number of fused-ring (bicyclic) bond motifs is 1. The van der Waals surface area contributed by atoms with Crippen molar-refractivity contribution in [3.05, 3.63) is 0 Å². The summed E-state index contributed by atoms with van der Waals surface area (Å²) in [6.07, 6.45) is 5.74. The van der Waals surface area contributed by atoms with E-state index in [0.29, 0.717) is 18.4 Å². The standard InChI is InChI=1S/C12H20N2O/c1-11(5-6-11)10(15)14-7-3-9-2-4-12(9,14)8-13/h9H,2-8,13H2,1H3. The monoisotopic (exact) mass is 208 g/mol. The molecule has 2 unspecified atom stereocenters. The Hall–Kier alpha value is -0.570. The Labute approximate surface area is 91.0 Å². The van der Waals surface area contributed by atoms with Gasteiger partial charge in [0.05, 0.1) is 5.54 Å². The number of nitrogens with zero attached hydrogens (tertiary/aromatic N) is 1. The summed E-state index contributed by atoms with van der Waals surface area (Å²) in [5.41, 5.74) is 5.96. The van der Waals surface area contributed by atoms with E-state index in [0.717, 1.165) is 25.8 Å². The van der Waals surface area contributed by atoms with Gasteiger partial charge < -0.3 is 10.6 Å². The molecule has 1 amide bonds. The van der Waals surface area contributed by atoms with Crippen molar-refractivity contribution in [3.63, 3.8) is 0 Å². The van der Waals surface area contributed by atoms with Gasteiger partial charge in [0.25, 0.3) is 0 Å². The van der Waals surface area contributed by atoms with Gasteiger partial charge in [0.1, 0.15) is 0 Å². The Morgan fingerprint density at radius 1 is 1.40 bits per heavy atom. The molecule has 2 N–H and O–H groups in total. The average Bonchev–Trinajstić information content (AvgIpc) is 2.88. The lowest BCUT2D eigenvalue weighted by Gasteiger charge is -2.50. The lowest BCUT2D eigenvalue weighted by molar-refractivity contribution is -0.144. The summed E-state index contributed by atoms with van der Waals surface area (Å²) in [5, 5.41) is 0. The van der Waals surface area contributed by atoms with Crippen LogP contribution in [0.3, 0.4) is 0 Å². The fraction of sp³-hybridized carbons (Fsp3) is 0.917. The molecular formula is C12H20N2O. The van der Waals surface area contributed by atoms with E-state index in [-0.39, 0.29) is 11.0 Å². The number of nitrogens with two attached hydrogens (primary N) is 1. The number of carbonyl (C=O) groups excluding carboxylic acids is 1. The number of amides is 1. The van der Waals surface area contributed by atoms with E-state index in [1.54, 1.807) is 0 Å². The van der Waals surface area contributed by atoms with Crippen molar-refractivity contribution in [2.45, 2.75) is 44.6 Å². The molecule has 3 heteroatoms. The minimum atomic E-state index is -0.0212. The highest BCUT2D eigenvalue weighted by Gasteiger charge is 2.59. The maximum Gasteiger partial charge on any atom is 0.229 e. The topological polar surface area (TPSA) is 46.3 Å². The number of hydrogen-bond acceptors (Lipinski definition) is 2. The summed E-state index contributed by atoms with van der Waals surface area (Å²) in [6, 6.07) is 0. The molecule has 0 aromatic rings. The molecule has 2 atom stereocenters. The van der Waals surface area contributed by atoms with Crippen LogP contribution in [0.5, 0.6) is 0 Å². The van der Waals surface area contributed by atoms with E-state index >= 15 is 0 Å². The zero-order valence-electron chi connectivity index (χ0n) is 9.46. The average molecular weight is 208 g/mol. The molecule has 1 saturated heterocycles. The third-order valence-electron chi connectivity index (χ3n) is 5.04. The maximum absolute atomic E-state index is 12.4. The van der Waals surface area contributed by atoms with Crippen molar-refractivity contribution in [1.82, 2.24) is 4.90 Å². The largest absolute Gasteiger partial charge is 0.335 e. The molecule has 84 valence electrons. The summed E-state index contributed by atoms with van der Waals surface area (Å²) < 4.78 is 0. The summed E-state index contributed by atoms with van der Waals surface area (Å²) in [4.78, 5) is 14.5. The number of likely N-dealkylation sites (tertiary alicyclic amines) is 1. The lowest BCUT2D eigenvalue weighted by atomic mass is 9.67. The molecule has 0 aromatic heterocycles. The van der Waals surface area contributed by atoms with Gasteiger partial charge in [0.15, 0.2) is 0 Å². The lowest BCUT2D eigenvalue weighted by Crippen LogP contribution is -2.61. The van der Waals surface area contributed by atoms with Gasteiger partial charge in [0.2, 0.25) is 5.91 Å². The first-order chi connectivity index (χ1) is 7.12. The van der Waals surface area contributed by atoms with Crippen LogP contribution in [0.2, 0.25) is 0 Å². The highest BCUT2D eigenvalue weighted by atomic mass is 16.2. The SMILES string of the molecule is CC1(C(=O)N2CCC3CCC32CN)CC1. The van der Waals surface area contributed by atoms with Gasteiger partial charge in [-0.05, 0) is 38.0 Å². The van der Waals surface area contributed by atoms with E-state index in [9.17, 15) is 4.79 Å². The molecule has 2 aliphatic carbocycles. The Kier molecular flexibility index (Phi) is 1.77. The van der Waals surface area contributed by atoms with Crippen LogP contribution < -0.4 is 5.73 Å². The molecule has 3 rings (SSSR count). The second-order valence-corrected chi connectivity index (χ2v) is 5.85. The number of hydrogen-bond donors (Lipinski definition) is 1. The first kappa shape index (κ1) is 9.64. The molecule has 3 aliphatic rings. The zero-order chi connectivity index (χ0) is 10.7. The molecule has 3 fully saturated rings. The van der Waals surface area contributed by atoms with Gasteiger partial charge in [-0.1, -0.05) is 6.92 Å². The van der Waals surface area contributed by atoms with Crippen LogP contribution in [0.1, 0.15) is 39.0 Å². The highest BCUT2D eigenvalue weighted by Crippen LogP contribution is 2.54. The molecule has 0 spiro atoms. The molecule has 15 heavy (non-hydrogen) atoms. The minimum Gasteiger partial charge on any atom is -0.335 e. The third-order valence-corrected chi connectivity index (χ3v) is 5.04. The van der Waals surface area contributed by atoms with Crippen molar-refractivity contribution in [2.24, 2.45) is 17.1 Å². The predicted octanol–water partition coefficient (Wildman–Crippen LogP) is 1.13. The normalized spacial score (nSPS) is 40.9. The Morgan fingerprint density at radius 2 is 2.13 bits per heavy atom. The quantitative estimate of drug-likeness (QED) is 0.739. The molecule has 0 bridgehead atoms. The maximum atomic E-state index is 12.4. The molecule has 0 aromatic carbocycles. The van der Waals surface area contributed by atoms with Crippen molar-refractivity contribution >= 4 is 5.91 Å². The smallest absolute Gasteiger partial charge is 0.229 e. The van der Waals surface area contributed by atoms with E-state index in [2.05, 4.69) is 11.8 Å². The van der Waals surface area contributed by atoms with Gasteiger partial charge in [-0.15, -0.1) is 0 Å². The van der Waals surface area contributed by atoms with Crippen LogP contribution in [-0.4, -0.2) is 29.4 Å². The second kappa shape index (κ2) is 2.76. The molecule has 1 aliphatic heterocycles. The molecule has 2 saturated carbocycles. The molecule has 0 radical (unpaired) electrons. The summed E-state index contributed by atoms with van der Waals surface area (Å²) >= 11 is 0. The second-order valence-electron chi connectivity index (χ2n) is 5.85. The Bertz CT molecular complexity index is 307. The third kappa shape index (κ3) is 1.07. The van der Waals surface area contributed by atoms with E-state index in [1.807, 2.05) is 0 Å². The van der Waals surface area contributed by atoms with Gasteiger partial charge in [-0.25, -0.2) is 0 Å². The number of rotatable bonds is 2. The predicted molar refractivity (Wildman–Crippen MR) is 58.2 cm³/mol. The van der Waals surface area contributed by atoms with Crippen LogP contribution in [0.15, 0.2) is 0 Å². The van der Waals surface area contributed by atoms with Gasteiger partial charge in [-0.3, -0.25) is 4.79 Å². The van der Waals surface area contributed by atoms with Crippen molar-refractivity contribution in [1.29, 1.82) is 0 Å². The number of carbonyl (C=O) groups is 1. The van der Waals surface area contributed by atoms with Crippen LogP contribution >= 0.6 is 0 Å². The van der Waals surface area contributed by atoms with E-state index in [4.69, 9.17) is 5.73 Å². The molecular weight excluding hydrogens is 188 g/mol. The zero-order valence-corrected chi connectivity index (χ0v) is 9.46. The summed E-state index contributed by atoms with van der Waals surface area (Å²) in [7, 11) is 0. The van der Waals surface area contributed by atoms with Crippen LogP contribution in [0.4, 0.5) is 0 Å². The van der Waals surface area contributed by atoms with E-state index < -0.39 is 0 Å². The fourth-order valence-electron chi connectivity index (χ4n) is 3.37. The van der Waals surface area contributed by atoms with Gasteiger partial charge >= 0.3 is 0 Å². The van der Waals surface area contributed by atoms with Gasteiger partial charge in [-0.2, -0.15) is 0 Å². The highest BCUT2D eigenvalue weighted by molar-refractivity contribution is 5.86. The van der Waals surface area contributed by atoms with E-state index in [1.165, 1.54) is 12.8 Å². The molecule has 3 nitrogen and oxygen atoms in total. The summed E-state index contributed by atoms with van der Waals surface area (Å²) in [6.45, 7) is 3.72. The Balaban J connectivity index is 1.84. The Morgan fingerprint density at radius 3 is 2.60 bits per heavy atom.